The molecule has 1 unspecified atom stereocenters. The van der Waals surface area contributed by atoms with Crippen LogP contribution in [0.15, 0.2) is 0 Å². The smallest absolute Gasteiger partial charge is 0.352 e. The summed E-state index contributed by atoms with van der Waals surface area (Å²) < 4.78 is 38.2. The van der Waals surface area contributed by atoms with Gasteiger partial charge in [0.25, 0.3) is 0 Å². The van der Waals surface area contributed by atoms with E-state index in [4.69, 9.17) is 0 Å². The average molecular weight is 266 g/mol. The van der Waals surface area contributed by atoms with Crippen LogP contribution in [-0.2, 0) is 4.79 Å². The summed E-state index contributed by atoms with van der Waals surface area (Å²) in [5.74, 6) is -0.362. The number of rotatable bonds is 6. The second kappa shape index (κ2) is 5.47. The lowest BCUT2D eigenvalue weighted by Gasteiger charge is -2.26. The van der Waals surface area contributed by atoms with E-state index in [1.807, 2.05) is 13.8 Å². The van der Waals surface area contributed by atoms with E-state index in [9.17, 15) is 18.0 Å². The fourth-order valence-electron chi connectivity index (χ4n) is 1.93. The van der Waals surface area contributed by atoms with Crippen LogP contribution in [-0.4, -0.2) is 29.7 Å². The van der Waals surface area contributed by atoms with E-state index in [1.165, 1.54) is 6.92 Å². The van der Waals surface area contributed by atoms with Crippen LogP contribution in [0.2, 0.25) is 0 Å². The van der Waals surface area contributed by atoms with E-state index < -0.39 is 17.8 Å². The van der Waals surface area contributed by atoms with Crippen molar-refractivity contribution in [1.82, 2.24) is 10.6 Å². The molecule has 3 nitrogen and oxygen atoms in total. The molecule has 1 aliphatic rings. The van der Waals surface area contributed by atoms with E-state index >= 15 is 0 Å². The molecule has 18 heavy (non-hydrogen) atoms. The standard InChI is InChI=1S/C12H21F3N2O/c1-4-9(5-2)16-10(18)8(3)17-11(6-7-11)12(13,14)15/h8-9,17H,4-7H2,1-3H3,(H,16,18). The highest BCUT2D eigenvalue weighted by molar-refractivity contribution is 5.81. The van der Waals surface area contributed by atoms with Crippen molar-refractivity contribution in [1.29, 1.82) is 0 Å². The van der Waals surface area contributed by atoms with E-state index in [-0.39, 0.29) is 24.8 Å². The summed E-state index contributed by atoms with van der Waals surface area (Å²) in [6, 6.07) is -0.794. The maximum Gasteiger partial charge on any atom is 0.406 e. The normalized spacial score (nSPS) is 19.7. The second-order valence-electron chi connectivity index (χ2n) is 4.97. The maximum absolute atomic E-state index is 12.7. The van der Waals surface area contributed by atoms with E-state index in [2.05, 4.69) is 10.6 Å². The Morgan fingerprint density at radius 2 is 1.78 bits per heavy atom. The Hall–Kier alpha value is -0.780. The Labute approximate surface area is 106 Å². The molecule has 1 amide bonds. The zero-order valence-electron chi connectivity index (χ0n) is 11.0. The number of alkyl halides is 3. The number of hydrogen-bond donors (Lipinski definition) is 2. The third kappa shape index (κ3) is 3.37. The van der Waals surface area contributed by atoms with E-state index in [0.29, 0.717) is 0 Å². The molecule has 1 rings (SSSR count). The van der Waals surface area contributed by atoms with Crippen LogP contribution in [0.3, 0.4) is 0 Å². The first kappa shape index (κ1) is 15.3. The number of hydrogen-bond acceptors (Lipinski definition) is 2. The van der Waals surface area contributed by atoms with Crippen molar-refractivity contribution < 1.29 is 18.0 Å². The molecule has 6 heteroatoms. The number of carbonyl (C=O) groups excluding carboxylic acids is 1. The molecule has 1 atom stereocenters. The van der Waals surface area contributed by atoms with Gasteiger partial charge in [-0.1, -0.05) is 13.8 Å². The largest absolute Gasteiger partial charge is 0.406 e. The van der Waals surface area contributed by atoms with Crippen LogP contribution in [0, 0.1) is 0 Å². The minimum atomic E-state index is -4.28. The lowest BCUT2D eigenvalue weighted by atomic mass is 10.1. The Morgan fingerprint density at radius 3 is 2.11 bits per heavy atom. The molecule has 0 saturated heterocycles. The minimum absolute atomic E-state index is 0.0304. The Balaban J connectivity index is 2.51. The molecule has 2 N–H and O–H groups in total. The molecular weight excluding hydrogens is 245 g/mol. The SMILES string of the molecule is CCC(CC)NC(=O)C(C)NC1(C(F)(F)F)CC1. The first-order chi connectivity index (χ1) is 8.25. The third-order valence-electron chi connectivity index (χ3n) is 3.51. The van der Waals surface area contributed by atoms with Gasteiger partial charge >= 0.3 is 6.18 Å². The Bertz CT molecular complexity index is 296. The molecule has 0 heterocycles. The van der Waals surface area contributed by atoms with Crippen LogP contribution in [0.4, 0.5) is 13.2 Å². The van der Waals surface area contributed by atoms with Crippen LogP contribution in [0.25, 0.3) is 0 Å². The van der Waals surface area contributed by atoms with Gasteiger partial charge in [-0.25, -0.2) is 0 Å². The highest BCUT2D eigenvalue weighted by Gasteiger charge is 2.63. The van der Waals surface area contributed by atoms with Gasteiger partial charge in [0.15, 0.2) is 0 Å². The van der Waals surface area contributed by atoms with E-state index in [0.717, 1.165) is 12.8 Å². The fraction of sp³-hybridized carbons (Fsp3) is 0.917. The summed E-state index contributed by atoms with van der Waals surface area (Å²) in [5.41, 5.74) is -1.84. The highest BCUT2D eigenvalue weighted by Crippen LogP contribution is 2.49. The summed E-state index contributed by atoms with van der Waals surface area (Å²) >= 11 is 0. The number of halogens is 3. The van der Waals surface area contributed by atoms with Crippen molar-refractivity contribution in [2.24, 2.45) is 0 Å². The van der Waals surface area contributed by atoms with Gasteiger partial charge in [-0.05, 0) is 32.6 Å². The number of carbonyl (C=O) groups is 1. The second-order valence-corrected chi connectivity index (χ2v) is 4.97. The molecular formula is C12H21F3N2O. The van der Waals surface area contributed by atoms with Crippen LogP contribution >= 0.6 is 0 Å². The summed E-state index contributed by atoms with van der Waals surface area (Å²) in [6.07, 6.45) is -2.62. The predicted molar refractivity (Wildman–Crippen MR) is 63.1 cm³/mol. The molecule has 0 spiro atoms. The van der Waals surface area contributed by atoms with Crippen molar-refractivity contribution in [2.45, 2.75) is 70.3 Å². The molecule has 106 valence electrons. The molecule has 1 aliphatic carbocycles. The summed E-state index contributed by atoms with van der Waals surface area (Å²) in [6.45, 7) is 5.35. The van der Waals surface area contributed by atoms with Crippen molar-refractivity contribution >= 4 is 5.91 Å². The van der Waals surface area contributed by atoms with Crippen LogP contribution in [0.1, 0.15) is 46.5 Å². The fourth-order valence-corrected chi connectivity index (χ4v) is 1.93. The van der Waals surface area contributed by atoms with Gasteiger partial charge in [0, 0.05) is 6.04 Å². The molecule has 1 saturated carbocycles. The topological polar surface area (TPSA) is 41.1 Å². The molecule has 0 aliphatic heterocycles. The summed E-state index contributed by atoms with van der Waals surface area (Å²) in [7, 11) is 0. The molecule has 0 aromatic carbocycles. The Morgan fingerprint density at radius 1 is 1.28 bits per heavy atom. The van der Waals surface area contributed by atoms with Gasteiger partial charge in [0.05, 0.1) is 6.04 Å². The average Bonchev–Trinajstić information content (AvgIpc) is 3.05. The van der Waals surface area contributed by atoms with Crippen molar-refractivity contribution in [3.63, 3.8) is 0 Å². The zero-order valence-corrected chi connectivity index (χ0v) is 11.0. The van der Waals surface area contributed by atoms with Gasteiger partial charge in [0.2, 0.25) is 5.91 Å². The highest BCUT2D eigenvalue weighted by atomic mass is 19.4. The third-order valence-corrected chi connectivity index (χ3v) is 3.51. The Kier molecular flexibility index (Phi) is 4.64. The predicted octanol–water partition coefficient (Wildman–Crippen LogP) is 2.36. The number of nitrogens with one attached hydrogen (secondary N) is 2. The molecule has 1 fully saturated rings. The molecule has 0 bridgehead atoms. The van der Waals surface area contributed by atoms with Crippen LogP contribution in [0.5, 0.6) is 0 Å². The minimum Gasteiger partial charge on any atom is -0.352 e. The molecule has 0 aromatic heterocycles. The summed E-state index contributed by atoms with van der Waals surface area (Å²) in [4.78, 5) is 11.8. The number of amides is 1. The summed E-state index contributed by atoms with van der Waals surface area (Å²) in [5, 5.41) is 5.17. The van der Waals surface area contributed by atoms with Gasteiger partial charge in [0.1, 0.15) is 5.54 Å². The first-order valence-corrected chi connectivity index (χ1v) is 6.40. The lowest BCUT2D eigenvalue weighted by molar-refractivity contribution is -0.168. The van der Waals surface area contributed by atoms with Crippen molar-refractivity contribution in [2.75, 3.05) is 0 Å². The van der Waals surface area contributed by atoms with Gasteiger partial charge in [-0.2, -0.15) is 13.2 Å². The lowest BCUT2D eigenvalue weighted by Crippen LogP contribution is -2.54. The van der Waals surface area contributed by atoms with Crippen molar-refractivity contribution in [3.05, 3.63) is 0 Å². The van der Waals surface area contributed by atoms with Crippen LogP contribution < -0.4 is 10.6 Å². The monoisotopic (exact) mass is 266 g/mol. The quantitative estimate of drug-likeness (QED) is 0.775. The molecule has 0 aromatic rings. The first-order valence-electron chi connectivity index (χ1n) is 6.40. The maximum atomic E-state index is 12.7. The van der Waals surface area contributed by atoms with Gasteiger partial charge in [-0.15, -0.1) is 0 Å². The molecule has 0 radical (unpaired) electrons. The zero-order chi connectivity index (χ0) is 14.0. The van der Waals surface area contributed by atoms with E-state index in [1.54, 1.807) is 0 Å². The van der Waals surface area contributed by atoms with Gasteiger partial charge in [-0.3, -0.25) is 10.1 Å². The van der Waals surface area contributed by atoms with Gasteiger partial charge < -0.3 is 5.32 Å². The van der Waals surface area contributed by atoms with Crippen molar-refractivity contribution in [3.8, 4) is 0 Å².